The smallest absolute Gasteiger partial charge is 0.225 e. The van der Waals surface area contributed by atoms with Gasteiger partial charge in [0.15, 0.2) is 5.11 Å². The lowest BCUT2D eigenvalue weighted by molar-refractivity contribution is 0.387. The predicted octanol–water partition coefficient (Wildman–Crippen LogP) is 4.74. The van der Waals surface area contributed by atoms with Crippen LogP contribution < -0.4 is 20.9 Å². The summed E-state index contributed by atoms with van der Waals surface area (Å²) in [5, 5.41) is 11.1. The molecule has 0 aliphatic heterocycles. The molecule has 1 saturated carbocycles. The van der Waals surface area contributed by atoms with Crippen molar-refractivity contribution in [1.82, 2.24) is 15.3 Å². The summed E-state index contributed by atoms with van der Waals surface area (Å²) in [6, 6.07) is 9.06. The number of fused-ring (bicyclic) bond motifs is 1. The Balaban J connectivity index is 1.30. The number of aryl methyl sites for hydroxylation is 1. The number of nitrogens with one attached hydrogen (secondary N) is 3. The number of hydrogen-bond acceptors (Lipinski definition) is 5. The van der Waals surface area contributed by atoms with E-state index in [-0.39, 0.29) is 0 Å². The average Bonchev–Trinajstić information content (AvgIpc) is 2.74. The first kappa shape index (κ1) is 22.5. The number of halogens is 1. The fraction of sp³-hybridized carbons (Fsp3) is 0.522. The molecule has 0 amide bonds. The van der Waals surface area contributed by atoms with Gasteiger partial charge in [-0.1, -0.05) is 6.07 Å². The molecule has 1 heterocycles. The highest BCUT2D eigenvalue weighted by Crippen LogP contribution is 2.29. The van der Waals surface area contributed by atoms with Crippen molar-refractivity contribution < 1.29 is 0 Å². The van der Waals surface area contributed by atoms with E-state index in [1.54, 1.807) is 0 Å². The van der Waals surface area contributed by atoms with Crippen LogP contribution in [0, 0.1) is 3.57 Å². The number of hydrogen-bond donors (Lipinski definition) is 3. The molecule has 2 aliphatic carbocycles. The number of benzene rings is 1. The Morgan fingerprint density at radius 1 is 1.06 bits per heavy atom. The Morgan fingerprint density at radius 2 is 1.81 bits per heavy atom. The summed E-state index contributed by atoms with van der Waals surface area (Å²) in [6.45, 7) is 0. The summed E-state index contributed by atoms with van der Waals surface area (Å²) >= 11 is 7.84. The van der Waals surface area contributed by atoms with Crippen LogP contribution in [-0.4, -0.2) is 41.3 Å². The molecule has 4 rings (SSSR count). The number of thiocarbonyl (C=S) groups is 1. The molecule has 166 valence electrons. The normalized spacial score (nSPS) is 20.5. The molecule has 0 atom stereocenters. The van der Waals surface area contributed by atoms with Crippen molar-refractivity contribution in [3.05, 3.63) is 39.1 Å². The van der Waals surface area contributed by atoms with Gasteiger partial charge in [0.25, 0.3) is 0 Å². The van der Waals surface area contributed by atoms with Crippen molar-refractivity contribution in [3.63, 3.8) is 0 Å². The Hall–Kier alpha value is -1.68. The molecule has 0 radical (unpaired) electrons. The molecular weight excluding hydrogens is 519 g/mol. The Morgan fingerprint density at radius 3 is 2.55 bits per heavy atom. The summed E-state index contributed by atoms with van der Waals surface area (Å²) in [4.78, 5) is 11.9. The lowest BCUT2D eigenvalue weighted by Gasteiger charge is -2.31. The monoisotopic (exact) mass is 550 g/mol. The minimum Gasteiger partial charge on any atom is -0.362 e. The molecular formula is C23H31IN6S. The second kappa shape index (κ2) is 10.3. The second-order valence-corrected chi connectivity index (χ2v) is 10.4. The molecule has 31 heavy (non-hydrogen) atoms. The highest BCUT2D eigenvalue weighted by atomic mass is 127. The summed E-state index contributed by atoms with van der Waals surface area (Å²) in [5.74, 6) is 1.87. The van der Waals surface area contributed by atoms with E-state index < -0.39 is 0 Å². The van der Waals surface area contributed by atoms with Crippen LogP contribution in [0.1, 0.15) is 49.8 Å². The number of rotatable bonds is 5. The van der Waals surface area contributed by atoms with Gasteiger partial charge < -0.3 is 20.9 Å². The summed E-state index contributed by atoms with van der Waals surface area (Å²) in [5.41, 5.74) is 3.60. The average molecular weight is 551 g/mol. The summed E-state index contributed by atoms with van der Waals surface area (Å²) in [7, 11) is 4.15. The van der Waals surface area contributed by atoms with Crippen LogP contribution in [-0.2, 0) is 12.8 Å². The molecule has 2 aliphatic rings. The van der Waals surface area contributed by atoms with Gasteiger partial charge in [-0.2, -0.15) is 4.98 Å². The van der Waals surface area contributed by atoms with Gasteiger partial charge in [0.1, 0.15) is 5.82 Å². The van der Waals surface area contributed by atoms with Crippen molar-refractivity contribution >= 4 is 57.4 Å². The van der Waals surface area contributed by atoms with Crippen LogP contribution >= 0.6 is 34.8 Å². The molecule has 0 spiro atoms. The molecule has 3 N–H and O–H groups in total. The van der Waals surface area contributed by atoms with Gasteiger partial charge in [-0.25, -0.2) is 4.98 Å². The van der Waals surface area contributed by atoms with E-state index >= 15 is 0 Å². The Kier molecular flexibility index (Phi) is 7.47. The molecule has 0 unspecified atom stereocenters. The third-order valence-electron chi connectivity index (χ3n) is 6.06. The molecule has 2 aromatic rings. The van der Waals surface area contributed by atoms with Gasteiger partial charge in [-0.05, 0) is 104 Å². The van der Waals surface area contributed by atoms with Gasteiger partial charge in [-0.15, -0.1) is 0 Å². The van der Waals surface area contributed by atoms with E-state index in [1.807, 2.05) is 12.1 Å². The van der Waals surface area contributed by atoms with Crippen molar-refractivity contribution in [2.24, 2.45) is 0 Å². The fourth-order valence-electron chi connectivity index (χ4n) is 4.49. The quantitative estimate of drug-likeness (QED) is 0.368. The van der Waals surface area contributed by atoms with Gasteiger partial charge in [0.05, 0.1) is 5.69 Å². The Labute approximate surface area is 204 Å². The largest absolute Gasteiger partial charge is 0.362 e. The van der Waals surface area contributed by atoms with E-state index in [1.165, 1.54) is 27.7 Å². The van der Waals surface area contributed by atoms with Crippen molar-refractivity contribution in [2.45, 2.75) is 63.5 Å². The highest BCUT2D eigenvalue weighted by Gasteiger charge is 2.24. The maximum Gasteiger partial charge on any atom is 0.225 e. The molecule has 1 fully saturated rings. The first-order valence-electron chi connectivity index (χ1n) is 11.1. The third-order valence-corrected chi connectivity index (χ3v) is 6.95. The standard InChI is InChI=1S/C23H31IN6S/c1-30(2)21-19-8-3-4-9-20(19)28-22(29-21)25-16-10-12-17(13-11-16)26-23(31)27-18-7-5-6-15(24)14-18/h5-7,14,16-17H,3-4,8-13H2,1-2H3,(H,25,28,29)(H2,26,27,31)/t16-,17+. The lowest BCUT2D eigenvalue weighted by atomic mass is 9.91. The van der Waals surface area contributed by atoms with E-state index in [9.17, 15) is 0 Å². The molecule has 0 bridgehead atoms. The van der Waals surface area contributed by atoms with E-state index in [0.717, 1.165) is 56.0 Å². The zero-order chi connectivity index (χ0) is 21.8. The number of nitrogens with zero attached hydrogens (tertiary/aromatic N) is 3. The zero-order valence-corrected chi connectivity index (χ0v) is 21.2. The van der Waals surface area contributed by atoms with Gasteiger partial charge in [0, 0.05) is 41.0 Å². The van der Waals surface area contributed by atoms with Crippen molar-refractivity contribution in [3.8, 4) is 0 Å². The van der Waals surface area contributed by atoms with Crippen LogP contribution in [0.3, 0.4) is 0 Å². The minimum atomic E-state index is 0.405. The molecule has 0 saturated heterocycles. The second-order valence-electron chi connectivity index (χ2n) is 8.70. The van der Waals surface area contributed by atoms with E-state index in [4.69, 9.17) is 22.2 Å². The predicted molar refractivity (Wildman–Crippen MR) is 141 cm³/mol. The highest BCUT2D eigenvalue weighted by molar-refractivity contribution is 14.1. The molecule has 8 heteroatoms. The third kappa shape index (κ3) is 5.97. The van der Waals surface area contributed by atoms with Gasteiger partial charge in [-0.3, -0.25) is 0 Å². The van der Waals surface area contributed by atoms with E-state index in [2.05, 4.69) is 69.7 Å². The molecule has 1 aromatic carbocycles. The first-order chi connectivity index (χ1) is 15.0. The van der Waals surface area contributed by atoms with Crippen molar-refractivity contribution in [2.75, 3.05) is 29.6 Å². The van der Waals surface area contributed by atoms with Crippen LogP contribution in [0.5, 0.6) is 0 Å². The zero-order valence-electron chi connectivity index (χ0n) is 18.2. The summed E-state index contributed by atoms with van der Waals surface area (Å²) in [6.07, 6.45) is 8.95. The van der Waals surface area contributed by atoms with Crippen molar-refractivity contribution in [1.29, 1.82) is 0 Å². The maximum absolute atomic E-state index is 5.53. The molecule has 1 aromatic heterocycles. The van der Waals surface area contributed by atoms with Crippen LogP contribution in [0.2, 0.25) is 0 Å². The number of aromatic nitrogens is 2. The molecule has 6 nitrogen and oxygen atoms in total. The van der Waals surface area contributed by atoms with Gasteiger partial charge >= 0.3 is 0 Å². The minimum absolute atomic E-state index is 0.405. The van der Waals surface area contributed by atoms with Crippen LogP contribution in [0.4, 0.5) is 17.5 Å². The maximum atomic E-state index is 5.53. The topological polar surface area (TPSA) is 65.1 Å². The Bertz CT molecular complexity index is 926. The first-order valence-corrected chi connectivity index (χ1v) is 12.6. The van der Waals surface area contributed by atoms with Crippen LogP contribution in [0.15, 0.2) is 24.3 Å². The SMILES string of the molecule is CN(C)c1nc(N[C@H]2CC[C@@H](NC(=S)Nc3cccc(I)c3)CC2)nc2c1CCCC2. The number of anilines is 3. The summed E-state index contributed by atoms with van der Waals surface area (Å²) < 4.78 is 1.19. The van der Waals surface area contributed by atoms with Gasteiger partial charge in [0.2, 0.25) is 5.95 Å². The van der Waals surface area contributed by atoms with E-state index in [0.29, 0.717) is 17.2 Å². The lowest BCUT2D eigenvalue weighted by Crippen LogP contribution is -2.42. The van der Waals surface area contributed by atoms with Crippen LogP contribution in [0.25, 0.3) is 0 Å². The fourth-order valence-corrected chi connectivity index (χ4v) is 5.32.